The number of methoxy groups -OCH3 is 2. The standard InChI is InChI=1S/C23H19F3N4O3/c1-13-4-6-14(7-5-13)16-11-20(23(24,25)26)30-21(27-16)12-18(29-30)22(31)28-17-10-15(32-2)8-9-19(17)33-3/h4-12H,1-3H3,(H,28,31). The summed E-state index contributed by atoms with van der Waals surface area (Å²) in [6.07, 6.45) is -4.71. The number of nitrogens with one attached hydrogen (secondary N) is 1. The van der Waals surface area contributed by atoms with Crippen molar-refractivity contribution in [2.24, 2.45) is 0 Å². The predicted molar refractivity (Wildman–Crippen MR) is 116 cm³/mol. The Kier molecular flexibility index (Phi) is 5.67. The molecule has 0 unspecified atom stereocenters. The van der Waals surface area contributed by atoms with Crippen molar-refractivity contribution in [3.05, 3.63) is 71.5 Å². The molecule has 4 aromatic rings. The summed E-state index contributed by atoms with van der Waals surface area (Å²) in [5, 5.41) is 6.47. The number of rotatable bonds is 5. The molecule has 170 valence electrons. The van der Waals surface area contributed by atoms with E-state index in [1.54, 1.807) is 36.4 Å². The molecule has 2 aromatic heterocycles. The molecule has 0 aliphatic heterocycles. The van der Waals surface area contributed by atoms with Crippen LogP contribution in [-0.2, 0) is 6.18 Å². The van der Waals surface area contributed by atoms with E-state index in [9.17, 15) is 18.0 Å². The Morgan fingerprint density at radius 2 is 1.73 bits per heavy atom. The van der Waals surface area contributed by atoms with Crippen LogP contribution in [0.3, 0.4) is 0 Å². The fraction of sp³-hybridized carbons (Fsp3) is 0.174. The maximum Gasteiger partial charge on any atom is 0.433 e. The van der Waals surface area contributed by atoms with Crippen LogP contribution in [0.2, 0.25) is 0 Å². The monoisotopic (exact) mass is 456 g/mol. The van der Waals surface area contributed by atoms with Gasteiger partial charge in [0.15, 0.2) is 17.0 Å². The van der Waals surface area contributed by atoms with Gasteiger partial charge in [-0.05, 0) is 25.1 Å². The Labute approximate surface area is 186 Å². The number of anilines is 1. The van der Waals surface area contributed by atoms with Crippen molar-refractivity contribution < 1.29 is 27.4 Å². The Morgan fingerprint density at radius 1 is 1.00 bits per heavy atom. The highest BCUT2D eigenvalue weighted by Gasteiger charge is 2.35. The molecule has 2 heterocycles. The van der Waals surface area contributed by atoms with Crippen molar-refractivity contribution in [1.82, 2.24) is 14.6 Å². The van der Waals surface area contributed by atoms with Crippen LogP contribution in [0.4, 0.5) is 18.9 Å². The normalized spacial score (nSPS) is 11.5. The minimum absolute atomic E-state index is 0.108. The molecule has 0 aliphatic rings. The number of hydrogen-bond donors (Lipinski definition) is 1. The van der Waals surface area contributed by atoms with E-state index < -0.39 is 17.8 Å². The van der Waals surface area contributed by atoms with Gasteiger partial charge in [0.1, 0.15) is 11.5 Å². The van der Waals surface area contributed by atoms with Gasteiger partial charge in [-0.2, -0.15) is 18.3 Å². The first-order valence-electron chi connectivity index (χ1n) is 9.78. The lowest BCUT2D eigenvalue weighted by Gasteiger charge is -2.11. The Hall–Kier alpha value is -4.08. The van der Waals surface area contributed by atoms with Gasteiger partial charge in [-0.3, -0.25) is 4.79 Å². The van der Waals surface area contributed by atoms with Gasteiger partial charge in [0, 0.05) is 17.7 Å². The molecule has 0 saturated heterocycles. The first-order chi connectivity index (χ1) is 15.7. The van der Waals surface area contributed by atoms with Gasteiger partial charge in [-0.1, -0.05) is 29.8 Å². The number of carbonyl (C=O) groups excluding carboxylic acids is 1. The first-order valence-corrected chi connectivity index (χ1v) is 9.78. The summed E-state index contributed by atoms with van der Waals surface area (Å²) in [6, 6.07) is 13.8. The average molecular weight is 456 g/mol. The summed E-state index contributed by atoms with van der Waals surface area (Å²) in [4.78, 5) is 17.1. The number of amides is 1. The fourth-order valence-electron chi connectivity index (χ4n) is 3.26. The zero-order chi connectivity index (χ0) is 23.8. The van der Waals surface area contributed by atoms with Gasteiger partial charge in [-0.25, -0.2) is 9.50 Å². The second-order valence-corrected chi connectivity index (χ2v) is 7.21. The Bertz CT molecular complexity index is 1330. The van der Waals surface area contributed by atoms with E-state index in [0.29, 0.717) is 21.6 Å². The average Bonchev–Trinajstić information content (AvgIpc) is 3.22. The number of aryl methyl sites for hydroxylation is 1. The Morgan fingerprint density at radius 3 is 2.36 bits per heavy atom. The minimum Gasteiger partial charge on any atom is -0.497 e. The second kappa shape index (κ2) is 8.45. The zero-order valence-electron chi connectivity index (χ0n) is 17.9. The van der Waals surface area contributed by atoms with Gasteiger partial charge >= 0.3 is 6.18 Å². The summed E-state index contributed by atoms with van der Waals surface area (Å²) in [6.45, 7) is 1.88. The third-order valence-corrected chi connectivity index (χ3v) is 4.95. The fourth-order valence-corrected chi connectivity index (χ4v) is 3.26. The lowest BCUT2D eigenvalue weighted by Crippen LogP contribution is -2.16. The van der Waals surface area contributed by atoms with E-state index >= 15 is 0 Å². The van der Waals surface area contributed by atoms with Gasteiger partial charge in [-0.15, -0.1) is 0 Å². The van der Waals surface area contributed by atoms with Crippen molar-refractivity contribution >= 4 is 17.2 Å². The number of ether oxygens (including phenoxy) is 2. The smallest absolute Gasteiger partial charge is 0.433 e. The van der Waals surface area contributed by atoms with E-state index in [2.05, 4.69) is 15.4 Å². The highest BCUT2D eigenvalue weighted by Crippen LogP contribution is 2.33. The van der Waals surface area contributed by atoms with Crippen LogP contribution in [0, 0.1) is 6.92 Å². The quantitative estimate of drug-likeness (QED) is 0.458. The molecule has 0 spiro atoms. The van der Waals surface area contributed by atoms with E-state index in [4.69, 9.17) is 9.47 Å². The third kappa shape index (κ3) is 4.45. The van der Waals surface area contributed by atoms with Crippen molar-refractivity contribution in [1.29, 1.82) is 0 Å². The minimum atomic E-state index is -4.71. The molecule has 10 heteroatoms. The molecule has 0 atom stereocenters. The maximum atomic E-state index is 13.8. The molecule has 0 bridgehead atoms. The topological polar surface area (TPSA) is 77.8 Å². The second-order valence-electron chi connectivity index (χ2n) is 7.21. The first kappa shape index (κ1) is 22.1. The molecule has 0 radical (unpaired) electrons. The van der Waals surface area contributed by atoms with Gasteiger partial charge < -0.3 is 14.8 Å². The van der Waals surface area contributed by atoms with Gasteiger partial charge in [0.2, 0.25) is 0 Å². The molecule has 4 rings (SSSR count). The number of alkyl halides is 3. The SMILES string of the molecule is COc1ccc(OC)c(NC(=O)c2cc3nc(-c4ccc(C)cc4)cc(C(F)(F)F)n3n2)c1. The van der Waals surface area contributed by atoms with Crippen molar-refractivity contribution in [3.63, 3.8) is 0 Å². The lowest BCUT2D eigenvalue weighted by atomic mass is 10.1. The number of halogens is 3. The number of hydrogen-bond acceptors (Lipinski definition) is 5. The molecule has 1 N–H and O–H groups in total. The number of aromatic nitrogens is 3. The number of fused-ring (bicyclic) bond motifs is 1. The molecule has 0 fully saturated rings. The van der Waals surface area contributed by atoms with Crippen molar-refractivity contribution in [3.8, 4) is 22.8 Å². The number of benzene rings is 2. The molecule has 33 heavy (non-hydrogen) atoms. The summed E-state index contributed by atoms with van der Waals surface area (Å²) in [5.41, 5.74) is 0.497. The van der Waals surface area contributed by atoms with Crippen molar-refractivity contribution in [2.45, 2.75) is 13.1 Å². The summed E-state index contributed by atoms with van der Waals surface area (Å²) >= 11 is 0. The Balaban J connectivity index is 1.77. The molecular weight excluding hydrogens is 437 g/mol. The van der Waals surface area contributed by atoms with Crippen LogP contribution in [0.1, 0.15) is 21.7 Å². The van der Waals surface area contributed by atoms with Crippen LogP contribution in [0.25, 0.3) is 16.9 Å². The van der Waals surface area contributed by atoms with E-state index in [1.807, 2.05) is 6.92 Å². The molecule has 7 nitrogen and oxygen atoms in total. The van der Waals surface area contributed by atoms with Gasteiger partial charge in [0.05, 0.1) is 25.6 Å². The molecule has 0 saturated carbocycles. The summed E-state index contributed by atoms with van der Waals surface area (Å²) < 4.78 is 52.4. The number of nitrogens with zero attached hydrogens (tertiary/aromatic N) is 3. The predicted octanol–water partition coefficient (Wildman–Crippen LogP) is 4.99. The van der Waals surface area contributed by atoms with Crippen LogP contribution in [-0.4, -0.2) is 34.7 Å². The maximum absolute atomic E-state index is 13.8. The zero-order valence-corrected chi connectivity index (χ0v) is 17.9. The van der Waals surface area contributed by atoms with Crippen LogP contribution in [0.15, 0.2) is 54.6 Å². The molecule has 1 amide bonds. The highest BCUT2D eigenvalue weighted by atomic mass is 19.4. The molecular formula is C23H19F3N4O3. The third-order valence-electron chi connectivity index (χ3n) is 4.95. The van der Waals surface area contributed by atoms with Crippen LogP contribution < -0.4 is 14.8 Å². The van der Waals surface area contributed by atoms with E-state index in [0.717, 1.165) is 11.6 Å². The van der Waals surface area contributed by atoms with E-state index in [1.165, 1.54) is 26.4 Å². The highest BCUT2D eigenvalue weighted by molar-refractivity contribution is 6.04. The van der Waals surface area contributed by atoms with E-state index in [-0.39, 0.29) is 22.7 Å². The molecule has 0 aliphatic carbocycles. The van der Waals surface area contributed by atoms with Crippen LogP contribution >= 0.6 is 0 Å². The van der Waals surface area contributed by atoms with Gasteiger partial charge in [0.25, 0.3) is 5.91 Å². The molecule has 2 aromatic carbocycles. The van der Waals surface area contributed by atoms with Crippen LogP contribution in [0.5, 0.6) is 11.5 Å². The van der Waals surface area contributed by atoms with Crippen molar-refractivity contribution in [2.75, 3.05) is 19.5 Å². The number of carbonyl (C=O) groups is 1. The largest absolute Gasteiger partial charge is 0.497 e. The summed E-state index contributed by atoms with van der Waals surface area (Å²) in [5.74, 6) is 0.0885. The lowest BCUT2D eigenvalue weighted by molar-refractivity contribution is -0.142. The summed E-state index contributed by atoms with van der Waals surface area (Å²) in [7, 11) is 2.89.